The smallest absolute Gasteiger partial charge is 0.408 e. The number of Topliss-reactive ketones (excluding diaryl/α,β-unsaturated/α-hetero) is 2. The largest absolute Gasteiger partial charge is 0.481 e. The predicted molar refractivity (Wildman–Crippen MR) is 128 cm³/mol. The Kier molecular flexibility index (Phi) is 10.5. The molecule has 3 atom stereocenters. The highest BCUT2D eigenvalue weighted by Crippen LogP contribution is 2.14. The van der Waals surface area contributed by atoms with Crippen LogP contribution in [0.4, 0.5) is 4.79 Å². The summed E-state index contributed by atoms with van der Waals surface area (Å²) >= 11 is 1.04. The summed E-state index contributed by atoms with van der Waals surface area (Å²) < 4.78 is 5.18. The van der Waals surface area contributed by atoms with E-state index in [2.05, 4.69) is 15.6 Å². The lowest BCUT2D eigenvalue weighted by Crippen LogP contribution is -2.47. The maximum atomic E-state index is 12.9. The van der Waals surface area contributed by atoms with Crippen LogP contribution in [-0.4, -0.2) is 51.7 Å². The number of carbonyl (C=O) groups is 5. The van der Waals surface area contributed by atoms with Gasteiger partial charge in [0.1, 0.15) is 12.6 Å². The van der Waals surface area contributed by atoms with E-state index >= 15 is 0 Å². The Hall–Kier alpha value is -3.60. The van der Waals surface area contributed by atoms with E-state index in [0.717, 1.165) is 16.9 Å². The minimum absolute atomic E-state index is 0.0442. The molecule has 0 saturated heterocycles. The number of nitrogens with one attached hydrogen (secondary N) is 2. The van der Waals surface area contributed by atoms with Crippen LogP contribution in [-0.2, 0) is 25.7 Å². The summed E-state index contributed by atoms with van der Waals surface area (Å²) in [6, 6.07) is 6.87. The highest BCUT2D eigenvalue weighted by atomic mass is 32.1. The fourth-order valence-corrected chi connectivity index (χ4v) is 3.85. The first-order chi connectivity index (χ1) is 16.6. The minimum atomic E-state index is -1.31. The third-order valence-corrected chi connectivity index (χ3v) is 5.90. The molecule has 1 aromatic carbocycles. The van der Waals surface area contributed by atoms with Crippen LogP contribution >= 0.6 is 11.3 Å². The monoisotopic (exact) mass is 503 g/mol. The molecule has 2 aromatic rings. The Labute approximate surface area is 207 Å². The van der Waals surface area contributed by atoms with Crippen LogP contribution in [0.1, 0.15) is 49.0 Å². The van der Waals surface area contributed by atoms with Crippen molar-refractivity contribution in [3.8, 4) is 0 Å². The van der Waals surface area contributed by atoms with E-state index in [1.807, 2.05) is 18.2 Å². The molecule has 0 aliphatic carbocycles. The molecular formula is C24H29N3O7S. The molecule has 10 nitrogen and oxygen atoms in total. The number of aliphatic carboxylic acids is 1. The normalized spacial score (nSPS) is 13.4. The lowest BCUT2D eigenvalue weighted by molar-refractivity contribution is -0.137. The van der Waals surface area contributed by atoms with Gasteiger partial charge in [0.25, 0.3) is 0 Å². The zero-order valence-corrected chi connectivity index (χ0v) is 20.5. The van der Waals surface area contributed by atoms with Gasteiger partial charge in [0, 0.05) is 23.9 Å². The molecule has 11 heteroatoms. The number of rotatable bonds is 13. The molecule has 0 unspecified atom stereocenters. The van der Waals surface area contributed by atoms with Crippen LogP contribution in [0, 0.1) is 11.8 Å². The van der Waals surface area contributed by atoms with Crippen molar-refractivity contribution in [1.82, 2.24) is 15.6 Å². The van der Waals surface area contributed by atoms with Crippen LogP contribution in [0.25, 0.3) is 0 Å². The van der Waals surface area contributed by atoms with Crippen LogP contribution in [0.5, 0.6) is 0 Å². The number of hydrogen-bond acceptors (Lipinski definition) is 8. The zero-order valence-electron chi connectivity index (χ0n) is 19.7. The third kappa shape index (κ3) is 8.93. The van der Waals surface area contributed by atoms with Gasteiger partial charge in [-0.05, 0) is 11.5 Å². The molecule has 0 spiro atoms. The number of nitrogens with zero attached hydrogens (tertiary/aromatic N) is 1. The Balaban J connectivity index is 1.95. The van der Waals surface area contributed by atoms with Crippen molar-refractivity contribution in [2.75, 3.05) is 0 Å². The van der Waals surface area contributed by atoms with E-state index in [9.17, 15) is 24.0 Å². The van der Waals surface area contributed by atoms with Crippen LogP contribution < -0.4 is 10.6 Å². The fraction of sp³-hybridized carbons (Fsp3) is 0.417. The van der Waals surface area contributed by atoms with Gasteiger partial charge in [-0.2, -0.15) is 0 Å². The Bertz CT molecular complexity index is 1030. The van der Waals surface area contributed by atoms with Crippen LogP contribution in [0.2, 0.25) is 0 Å². The van der Waals surface area contributed by atoms with Crippen molar-refractivity contribution in [3.05, 3.63) is 52.5 Å². The maximum absolute atomic E-state index is 12.9. The summed E-state index contributed by atoms with van der Waals surface area (Å²) in [5.74, 6) is -4.05. The number of carbonyl (C=O) groups excluding carboxylic acids is 4. The quantitative estimate of drug-likeness (QED) is 0.353. The summed E-state index contributed by atoms with van der Waals surface area (Å²) in [4.78, 5) is 65.4. The molecule has 3 N–H and O–H groups in total. The number of alkyl carbamates (subject to hydrolysis) is 1. The highest BCUT2D eigenvalue weighted by Gasteiger charge is 2.31. The Morgan fingerprint density at radius 1 is 1.03 bits per heavy atom. The molecule has 0 fully saturated rings. The summed E-state index contributed by atoms with van der Waals surface area (Å²) in [5, 5.41) is 15.8. The maximum Gasteiger partial charge on any atom is 0.408 e. The van der Waals surface area contributed by atoms with E-state index in [1.165, 1.54) is 13.1 Å². The van der Waals surface area contributed by atoms with E-state index in [1.54, 1.807) is 31.4 Å². The Morgan fingerprint density at radius 3 is 2.29 bits per heavy atom. The van der Waals surface area contributed by atoms with Crippen molar-refractivity contribution in [2.45, 2.75) is 52.3 Å². The van der Waals surface area contributed by atoms with Gasteiger partial charge in [-0.3, -0.25) is 19.2 Å². The highest BCUT2D eigenvalue weighted by molar-refractivity contribution is 7.11. The first-order valence-electron chi connectivity index (χ1n) is 11.0. The molecule has 0 radical (unpaired) electrons. The number of aromatic nitrogens is 1. The molecule has 0 aliphatic rings. The molecular weight excluding hydrogens is 474 g/mol. The number of carboxylic acids is 1. The van der Waals surface area contributed by atoms with Gasteiger partial charge in [0.2, 0.25) is 11.7 Å². The summed E-state index contributed by atoms with van der Waals surface area (Å²) in [6.07, 6.45) is -0.191. The molecule has 35 heavy (non-hydrogen) atoms. The number of hydrogen-bond donors (Lipinski definition) is 3. The first kappa shape index (κ1) is 27.6. The van der Waals surface area contributed by atoms with E-state index < -0.39 is 48.2 Å². The van der Waals surface area contributed by atoms with Crippen molar-refractivity contribution in [3.63, 3.8) is 0 Å². The number of thiazole rings is 1. The molecule has 2 amide bonds. The van der Waals surface area contributed by atoms with Crippen molar-refractivity contribution in [2.24, 2.45) is 11.8 Å². The molecule has 2 rings (SSSR count). The van der Waals surface area contributed by atoms with Gasteiger partial charge in [0.05, 0.1) is 12.5 Å². The van der Waals surface area contributed by atoms with E-state index in [4.69, 9.17) is 9.84 Å². The van der Waals surface area contributed by atoms with E-state index in [-0.39, 0.29) is 29.7 Å². The van der Waals surface area contributed by atoms with Crippen LogP contribution in [0.15, 0.2) is 41.9 Å². The topological polar surface area (TPSA) is 152 Å². The number of amides is 2. The first-order valence-corrected chi connectivity index (χ1v) is 11.9. The molecule has 0 saturated carbocycles. The van der Waals surface area contributed by atoms with Gasteiger partial charge < -0.3 is 20.5 Å². The van der Waals surface area contributed by atoms with Gasteiger partial charge in [-0.25, -0.2) is 9.78 Å². The number of ether oxygens (including phenoxy) is 1. The average Bonchev–Trinajstić information content (AvgIpc) is 3.35. The van der Waals surface area contributed by atoms with Gasteiger partial charge in [-0.15, -0.1) is 11.3 Å². The molecule has 188 valence electrons. The van der Waals surface area contributed by atoms with Gasteiger partial charge in [0.15, 0.2) is 10.8 Å². The van der Waals surface area contributed by atoms with E-state index in [0.29, 0.717) is 0 Å². The summed E-state index contributed by atoms with van der Waals surface area (Å²) in [7, 11) is 0. The lowest BCUT2D eigenvalue weighted by Gasteiger charge is -2.23. The van der Waals surface area contributed by atoms with Gasteiger partial charge >= 0.3 is 12.1 Å². The average molecular weight is 504 g/mol. The Morgan fingerprint density at radius 2 is 1.71 bits per heavy atom. The fourth-order valence-electron chi connectivity index (χ4n) is 3.22. The number of ketones is 2. The second-order valence-electron chi connectivity index (χ2n) is 8.36. The molecule has 1 aromatic heterocycles. The number of carboxylic acid groups (broad SMARTS) is 1. The molecule has 0 aliphatic heterocycles. The second-order valence-corrected chi connectivity index (χ2v) is 9.25. The third-order valence-electron chi connectivity index (χ3n) is 5.11. The van der Waals surface area contributed by atoms with Crippen molar-refractivity contribution in [1.29, 1.82) is 0 Å². The van der Waals surface area contributed by atoms with Crippen molar-refractivity contribution >= 4 is 40.9 Å². The molecule has 0 bridgehead atoms. The molecule has 1 heterocycles. The standard InChI is InChI=1S/C24H29N3O7S/c1-14(2)20(27-24(33)34-13-16-7-5-4-6-8-16)18(28)11-15(3)22(32)26-17(12-19(29)30)21(31)23-25-9-10-35-23/h4-10,14-15,17,20H,11-13H2,1-3H3,(H,26,32)(H,27,33)(H,29,30)/t15-,17+,20+/m1/s1. The van der Waals surface area contributed by atoms with Gasteiger partial charge in [-0.1, -0.05) is 51.1 Å². The summed E-state index contributed by atoms with van der Waals surface area (Å²) in [5.41, 5.74) is 0.795. The van der Waals surface area contributed by atoms with Crippen molar-refractivity contribution < 1.29 is 33.8 Å². The second kappa shape index (κ2) is 13.3. The lowest BCUT2D eigenvalue weighted by atomic mass is 9.92. The number of benzene rings is 1. The zero-order chi connectivity index (χ0) is 26.0. The van der Waals surface area contributed by atoms with Crippen LogP contribution in [0.3, 0.4) is 0 Å². The predicted octanol–water partition coefficient (Wildman–Crippen LogP) is 2.83. The minimum Gasteiger partial charge on any atom is -0.481 e. The SMILES string of the molecule is CC(C)[C@H](NC(=O)OCc1ccccc1)C(=O)C[C@@H](C)C(=O)N[C@@H](CC(=O)O)C(=O)c1nccs1. The summed E-state index contributed by atoms with van der Waals surface area (Å²) in [6.45, 7) is 5.04.